The van der Waals surface area contributed by atoms with Crippen LogP contribution in [-0.2, 0) is 0 Å². The first-order valence-corrected chi connectivity index (χ1v) is 8.36. The van der Waals surface area contributed by atoms with E-state index in [1.54, 1.807) is 6.20 Å². The van der Waals surface area contributed by atoms with Gasteiger partial charge in [0.25, 0.3) is 5.91 Å². The van der Waals surface area contributed by atoms with E-state index in [1.807, 2.05) is 30.3 Å². The third-order valence-corrected chi connectivity index (χ3v) is 4.27. The zero-order valence-corrected chi connectivity index (χ0v) is 14.0. The lowest BCUT2D eigenvalue weighted by Crippen LogP contribution is -2.57. The van der Waals surface area contributed by atoms with Gasteiger partial charge in [-0.25, -0.2) is 4.68 Å². The van der Waals surface area contributed by atoms with Gasteiger partial charge in [-0.3, -0.25) is 9.69 Å². The van der Waals surface area contributed by atoms with E-state index >= 15 is 0 Å². The second-order valence-corrected chi connectivity index (χ2v) is 6.03. The molecule has 2 aromatic rings. The van der Waals surface area contributed by atoms with Crippen molar-refractivity contribution >= 4 is 5.91 Å². The molecule has 0 saturated carbocycles. The Kier molecular flexibility index (Phi) is 5.58. The fraction of sp³-hybridized carbons (Fsp3) is 0.412. The smallest absolute Gasteiger partial charge is 0.349 e. The summed E-state index contributed by atoms with van der Waals surface area (Å²) in [5, 5.41) is 9.52. The highest BCUT2D eigenvalue weighted by molar-refractivity contribution is 5.92. The molecule has 1 amide bonds. The van der Waals surface area contributed by atoms with Crippen LogP contribution in [0.3, 0.4) is 0 Å². The van der Waals surface area contributed by atoms with Crippen LogP contribution in [0, 0.1) is 0 Å². The summed E-state index contributed by atoms with van der Waals surface area (Å²) in [5.41, 5.74) is 0.843. The summed E-state index contributed by atoms with van der Waals surface area (Å²) in [4.78, 5) is 13.6. The second kappa shape index (κ2) is 7.88. The number of nitrogens with zero attached hydrogens (tertiary/aromatic N) is 3. The van der Waals surface area contributed by atoms with Crippen molar-refractivity contribution in [2.75, 3.05) is 32.7 Å². The quantitative estimate of drug-likeness (QED) is 0.840. The third kappa shape index (κ3) is 4.41. The van der Waals surface area contributed by atoms with Gasteiger partial charge in [-0.2, -0.15) is 18.3 Å². The van der Waals surface area contributed by atoms with Crippen LogP contribution in [0.2, 0.25) is 0 Å². The van der Waals surface area contributed by atoms with Gasteiger partial charge in [0.1, 0.15) is 6.04 Å². The first kappa shape index (κ1) is 18.4. The minimum atomic E-state index is -4.41. The summed E-state index contributed by atoms with van der Waals surface area (Å²) in [7, 11) is 0. The van der Waals surface area contributed by atoms with Crippen molar-refractivity contribution in [2.45, 2.75) is 12.2 Å². The van der Waals surface area contributed by atoms with Crippen LogP contribution < -0.4 is 10.6 Å². The topological polar surface area (TPSA) is 62.2 Å². The van der Waals surface area contributed by atoms with Gasteiger partial charge in [-0.05, 0) is 18.2 Å². The highest BCUT2D eigenvalue weighted by Gasteiger charge is 2.43. The molecule has 1 aromatic carbocycles. The van der Waals surface area contributed by atoms with Gasteiger partial charge in [0.15, 0.2) is 5.69 Å². The molecule has 140 valence electrons. The largest absolute Gasteiger partial charge is 0.405 e. The van der Waals surface area contributed by atoms with Crippen molar-refractivity contribution in [2.24, 2.45) is 0 Å². The van der Waals surface area contributed by atoms with Crippen molar-refractivity contribution < 1.29 is 18.0 Å². The molecular formula is C17H20F3N5O. The van der Waals surface area contributed by atoms with Crippen molar-refractivity contribution in [1.29, 1.82) is 0 Å². The Labute approximate surface area is 149 Å². The maximum absolute atomic E-state index is 13.3. The molecule has 26 heavy (non-hydrogen) atoms. The van der Waals surface area contributed by atoms with E-state index in [-0.39, 0.29) is 5.69 Å². The predicted molar refractivity (Wildman–Crippen MR) is 90.2 cm³/mol. The maximum atomic E-state index is 13.3. The lowest BCUT2D eigenvalue weighted by Gasteiger charge is -2.35. The number of hydrogen-bond donors (Lipinski definition) is 2. The molecule has 0 bridgehead atoms. The summed E-state index contributed by atoms with van der Waals surface area (Å²) >= 11 is 0. The van der Waals surface area contributed by atoms with Gasteiger partial charge in [0.05, 0.1) is 5.69 Å². The summed E-state index contributed by atoms with van der Waals surface area (Å²) < 4.78 is 41.6. The van der Waals surface area contributed by atoms with Crippen molar-refractivity contribution in [3.8, 4) is 5.69 Å². The molecule has 1 aliphatic rings. The number of carbonyl (C=O) groups is 1. The first-order chi connectivity index (χ1) is 12.4. The van der Waals surface area contributed by atoms with E-state index in [9.17, 15) is 18.0 Å². The van der Waals surface area contributed by atoms with Gasteiger partial charge in [-0.1, -0.05) is 18.2 Å². The average Bonchev–Trinajstić information content (AvgIpc) is 3.12. The van der Waals surface area contributed by atoms with E-state index in [4.69, 9.17) is 0 Å². The number of alkyl halides is 3. The van der Waals surface area contributed by atoms with Gasteiger partial charge >= 0.3 is 6.18 Å². The molecule has 1 aliphatic heterocycles. The number of aromatic nitrogens is 2. The third-order valence-electron chi connectivity index (χ3n) is 4.27. The number of para-hydroxylation sites is 1. The standard InChI is InChI=1S/C17H20F3N5O/c18-17(19,20)15(24-10-7-21-8-11-24)12-22-16(26)14-6-9-25(23-14)13-4-2-1-3-5-13/h1-6,9,15,21H,7-8,10-12H2,(H,22,26). The Hall–Kier alpha value is -2.39. The van der Waals surface area contributed by atoms with Crippen LogP contribution in [0.15, 0.2) is 42.6 Å². The van der Waals surface area contributed by atoms with Crippen LogP contribution in [-0.4, -0.2) is 65.5 Å². The molecule has 1 atom stereocenters. The predicted octanol–water partition coefficient (Wildman–Crippen LogP) is 1.44. The van der Waals surface area contributed by atoms with E-state index in [0.29, 0.717) is 26.2 Å². The van der Waals surface area contributed by atoms with Crippen LogP contribution >= 0.6 is 0 Å². The number of amides is 1. The fourth-order valence-electron chi connectivity index (χ4n) is 2.90. The Morgan fingerprint density at radius 2 is 1.88 bits per heavy atom. The molecule has 0 radical (unpaired) electrons. The van der Waals surface area contributed by atoms with Crippen LogP contribution in [0.5, 0.6) is 0 Å². The van der Waals surface area contributed by atoms with Crippen molar-refractivity contribution in [3.05, 3.63) is 48.3 Å². The number of piperazine rings is 1. The molecule has 2 N–H and O–H groups in total. The molecule has 9 heteroatoms. The highest BCUT2D eigenvalue weighted by atomic mass is 19.4. The van der Waals surface area contributed by atoms with E-state index in [1.165, 1.54) is 15.6 Å². The lowest BCUT2D eigenvalue weighted by atomic mass is 10.2. The van der Waals surface area contributed by atoms with Gasteiger partial charge < -0.3 is 10.6 Å². The summed E-state index contributed by atoms with van der Waals surface area (Å²) in [6, 6.07) is 8.93. The zero-order chi connectivity index (χ0) is 18.6. The average molecular weight is 367 g/mol. The Morgan fingerprint density at radius 1 is 1.19 bits per heavy atom. The summed E-state index contributed by atoms with van der Waals surface area (Å²) in [6.45, 7) is 1.09. The van der Waals surface area contributed by atoms with Crippen LogP contribution in [0.4, 0.5) is 13.2 Å². The fourth-order valence-corrected chi connectivity index (χ4v) is 2.90. The summed E-state index contributed by atoms with van der Waals surface area (Å²) in [6.07, 6.45) is -2.81. The van der Waals surface area contributed by atoms with Crippen LogP contribution in [0.25, 0.3) is 5.69 Å². The Morgan fingerprint density at radius 3 is 2.54 bits per heavy atom. The molecule has 1 unspecified atom stereocenters. The number of hydrogen-bond acceptors (Lipinski definition) is 4. The molecule has 3 rings (SSSR count). The Bertz CT molecular complexity index is 725. The summed E-state index contributed by atoms with van der Waals surface area (Å²) in [5.74, 6) is -0.621. The Balaban J connectivity index is 1.64. The van der Waals surface area contributed by atoms with Gasteiger partial charge in [-0.15, -0.1) is 0 Å². The molecule has 0 spiro atoms. The minimum Gasteiger partial charge on any atom is -0.349 e. The number of rotatable bonds is 5. The number of benzene rings is 1. The van der Waals surface area contributed by atoms with Crippen molar-refractivity contribution in [3.63, 3.8) is 0 Å². The molecule has 1 aromatic heterocycles. The monoisotopic (exact) mass is 367 g/mol. The molecule has 1 fully saturated rings. The molecule has 2 heterocycles. The van der Waals surface area contributed by atoms with Crippen molar-refractivity contribution in [1.82, 2.24) is 25.3 Å². The van der Waals surface area contributed by atoms with E-state index in [0.717, 1.165) is 5.69 Å². The SMILES string of the molecule is O=C(NCC(N1CCNCC1)C(F)(F)F)c1ccn(-c2ccccc2)n1. The van der Waals surface area contributed by atoms with E-state index < -0.39 is 24.7 Å². The zero-order valence-electron chi connectivity index (χ0n) is 14.0. The minimum absolute atomic E-state index is 0.0788. The van der Waals surface area contributed by atoms with Crippen LogP contribution in [0.1, 0.15) is 10.5 Å². The number of carbonyl (C=O) groups excluding carboxylic acids is 1. The first-order valence-electron chi connectivity index (χ1n) is 8.36. The maximum Gasteiger partial charge on any atom is 0.405 e. The molecule has 0 aliphatic carbocycles. The number of nitrogens with one attached hydrogen (secondary N) is 2. The number of halogens is 3. The van der Waals surface area contributed by atoms with Gasteiger partial charge in [0, 0.05) is 38.9 Å². The normalized spacial score (nSPS) is 17.0. The lowest BCUT2D eigenvalue weighted by molar-refractivity contribution is -0.183. The molecule has 1 saturated heterocycles. The highest BCUT2D eigenvalue weighted by Crippen LogP contribution is 2.24. The molecular weight excluding hydrogens is 347 g/mol. The van der Waals surface area contributed by atoms with E-state index in [2.05, 4.69) is 15.7 Å². The van der Waals surface area contributed by atoms with Gasteiger partial charge in [0.2, 0.25) is 0 Å². The second-order valence-electron chi connectivity index (χ2n) is 6.03. The molecule has 6 nitrogen and oxygen atoms in total.